The van der Waals surface area contributed by atoms with Crippen LogP contribution in [0, 0.1) is 0 Å². The molecule has 2 rings (SSSR count). The van der Waals surface area contributed by atoms with Gasteiger partial charge in [-0.1, -0.05) is 18.6 Å². The van der Waals surface area contributed by atoms with Crippen LogP contribution in [0.3, 0.4) is 0 Å². The highest BCUT2D eigenvalue weighted by Crippen LogP contribution is 2.29. The molecule has 1 heterocycles. The fourth-order valence-corrected chi connectivity index (χ4v) is 3.48. The van der Waals surface area contributed by atoms with E-state index in [0.717, 1.165) is 37.9 Å². The Morgan fingerprint density at radius 2 is 2.00 bits per heavy atom. The average Bonchev–Trinajstić information content (AvgIpc) is 2.45. The monoisotopic (exact) mass is 338 g/mol. The molecule has 0 amide bonds. The standard InChI is InChI=1S/C13H17F3N2O3S/c14-13(15,16)21-11-6-1-2-7-12(11)22(19,20)18-9-10-5-3-4-8-17-10/h1-2,6-7,10,17-18H,3-5,8-9H2/t10-/m1/s1. The van der Waals surface area contributed by atoms with Crippen molar-refractivity contribution in [1.82, 2.24) is 10.0 Å². The van der Waals surface area contributed by atoms with E-state index in [1.54, 1.807) is 0 Å². The van der Waals surface area contributed by atoms with Crippen molar-refractivity contribution in [2.45, 2.75) is 36.6 Å². The molecule has 0 bridgehead atoms. The number of para-hydroxylation sites is 1. The summed E-state index contributed by atoms with van der Waals surface area (Å²) < 4.78 is 67.5. The van der Waals surface area contributed by atoms with Crippen molar-refractivity contribution in [2.24, 2.45) is 0 Å². The van der Waals surface area contributed by atoms with E-state index in [1.165, 1.54) is 12.1 Å². The van der Waals surface area contributed by atoms with Crippen molar-refractivity contribution < 1.29 is 26.3 Å². The van der Waals surface area contributed by atoms with Gasteiger partial charge in [0.1, 0.15) is 10.6 Å². The van der Waals surface area contributed by atoms with Gasteiger partial charge in [0.05, 0.1) is 0 Å². The lowest BCUT2D eigenvalue weighted by atomic mass is 10.1. The summed E-state index contributed by atoms with van der Waals surface area (Å²) in [7, 11) is -4.08. The Labute approximate surface area is 126 Å². The minimum atomic E-state index is -4.95. The van der Waals surface area contributed by atoms with Crippen LogP contribution in [0.4, 0.5) is 13.2 Å². The smallest absolute Gasteiger partial charge is 0.404 e. The number of sulfonamides is 1. The second kappa shape index (κ2) is 6.84. The van der Waals surface area contributed by atoms with Crippen LogP contribution in [-0.2, 0) is 10.0 Å². The minimum Gasteiger partial charge on any atom is -0.404 e. The largest absolute Gasteiger partial charge is 0.573 e. The highest BCUT2D eigenvalue weighted by atomic mass is 32.2. The van der Waals surface area contributed by atoms with E-state index in [9.17, 15) is 21.6 Å². The molecule has 1 aliphatic heterocycles. The van der Waals surface area contributed by atoms with Crippen LogP contribution >= 0.6 is 0 Å². The molecule has 124 valence electrons. The summed E-state index contributed by atoms with van der Waals surface area (Å²) >= 11 is 0. The van der Waals surface area contributed by atoms with Gasteiger partial charge in [0, 0.05) is 12.6 Å². The van der Waals surface area contributed by atoms with Gasteiger partial charge < -0.3 is 10.1 Å². The second-order valence-electron chi connectivity index (χ2n) is 4.99. The Morgan fingerprint density at radius 1 is 1.27 bits per heavy atom. The van der Waals surface area contributed by atoms with Crippen LogP contribution in [0.2, 0.25) is 0 Å². The molecule has 2 N–H and O–H groups in total. The fourth-order valence-electron chi connectivity index (χ4n) is 2.27. The first-order valence-corrected chi connectivity index (χ1v) is 8.34. The predicted octanol–water partition coefficient (Wildman–Crippen LogP) is 2.01. The predicted molar refractivity (Wildman–Crippen MR) is 74.0 cm³/mol. The molecule has 22 heavy (non-hydrogen) atoms. The summed E-state index contributed by atoms with van der Waals surface area (Å²) in [6, 6.07) is 4.66. The molecule has 0 unspecified atom stereocenters. The molecule has 0 aromatic heterocycles. The molecule has 1 fully saturated rings. The molecule has 1 aliphatic rings. The molecule has 1 aromatic carbocycles. The van der Waals surface area contributed by atoms with Gasteiger partial charge >= 0.3 is 6.36 Å². The summed E-state index contributed by atoms with van der Waals surface area (Å²) in [5.74, 6) is -0.737. The maximum atomic E-state index is 12.3. The first kappa shape index (κ1) is 17.0. The first-order valence-electron chi connectivity index (χ1n) is 6.86. The number of ether oxygens (including phenoxy) is 1. The van der Waals surface area contributed by atoms with Gasteiger partial charge in [-0.2, -0.15) is 0 Å². The molecule has 9 heteroatoms. The summed E-state index contributed by atoms with van der Waals surface area (Å²) in [4.78, 5) is -0.525. The van der Waals surface area contributed by atoms with Crippen molar-refractivity contribution >= 4 is 10.0 Å². The van der Waals surface area contributed by atoms with Crippen molar-refractivity contribution in [3.8, 4) is 5.75 Å². The van der Waals surface area contributed by atoms with Crippen LogP contribution in [0.5, 0.6) is 5.75 Å². The Hall–Kier alpha value is -1.32. The van der Waals surface area contributed by atoms with Crippen molar-refractivity contribution in [1.29, 1.82) is 0 Å². The van der Waals surface area contributed by atoms with Gasteiger partial charge in [-0.25, -0.2) is 13.1 Å². The zero-order valence-electron chi connectivity index (χ0n) is 11.7. The Balaban J connectivity index is 2.11. The molecule has 0 radical (unpaired) electrons. The fraction of sp³-hybridized carbons (Fsp3) is 0.538. The first-order chi connectivity index (χ1) is 10.3. The second-order valence-corrected chi connectivity index (χ2v) is 6.73. The zero-order valence-corrected chi connectivity index (χ0v) is 12.5. The zero-order chi connectivity index (χ0) is 16.2. The van der Waals surface area contributed by atoms with Crippen LogP contribution in [0.1, 0.15) is 19.3 Å². The number of nitrogens with one attached hydrogen (secondary N) is 2. The lowest BCUT2D eigenvalue weighted by Gasteiger charge is -2.23. The van der Waals surface area contributed by atoms with Gasteiger partial charge in [-0.3, -0.25) is 0 Å². The summed E-state index contributed by atoms with van der Waals surface area (Å²) in [6.45, 7) is 0.933. The number of benzene rings is 1. The van der Waals surface area contributed by atoms with Crippen molar-refractivity contribution in [2.75, 3.05) is 13.1 Å². The topological polar surface area (TPSA) is 67.4 Å². The van der Waals surface area contributed by atoms with E-state index < -0.39 is 27.0 Å². The van der Waals surface area contributed by atoms with E-state index >= 15 is 0 Å². The lowest BCUT2D eigenvalue weighted by molar-refractivity contribution is -0.275. The highest BCUT2D eigenvalue weighted by Gasteiger charge is 2.34. The van der Waals surface area contributed by atoms with Crippen molar-refractivity contribution in [3.63, 3.8) is 0 Å². The number of rotatable bonds is 5. The number of halogens is 3. The van der Waals surface area contributed by atoms with Gasteiger partial charge in [-0.15, -0.1) is 13.2 Å². The minimum absolute atomic E-state index is 0.0146. The van der Waals surface area contributed by atoms with Gasteiger partial charge in [0.2, 0.25) is 10.0 Å². The molecule has 1 saturated heterocycles. The maximum Gasteiger partial charge on any atom is 0.573 e. The van der Waals surface area contributed by atoms with Crippen LogP contribution in [0.25, 0.3) is 0 Å². The van der Waals surface area contributed by atoms with Gasteiger partial charge in [0.25, 0.3) is 0 Å². The summed E-state index contributed by atoms with van der Waals surface area (Å²) in [5, 5.41) is 3.16. The molecule has 0 spiro atoms. The normalized spacial score (nSPS) is 19.9. The van der Waals surface area contributed by atoms with E-state index in [4.69, 9.17) is 0 Å². The quantitative estimate of drug-likeness (QED) is 0.862. The Kier molecular flexibility index (Phi) is 5.30. The van der Waals surface area contributed by atoms with E-state index in [-0.39, 0.29) is 12.6 Å². The third kappa shape index (κ3) is 4.85. The van der Waals surface area contributed by atoms with Gasteiger partial charge in [0.15, 0.2) is 0 Å². The number of hydrogen-bond donors (Lipinski definition) is 2. The van der Waals surface area contributed by atoms with Crippen LogP contribution in [-0.4, -0.2) is 33.9 Å². The highest BCUT2D eigenvalue weighted by molar-refractivity contribution is 7.89. The molecule has 1 atom stereocenters. The third-order valence-corrected chi connectivity index (χ3v) is 4.76. The number of piperidine rings is 1. The van der Waals surface area contributed by atoms with E-state index in [0.29, 0.717) is 0 Å². The third-order valence-electron chi connectivity index (χ3n) is 3.30. The number of hydrogen-bond acceptors (Lipinski definition) is 4. The molecule has 0 saturated carbocycles. The molecule has 0 aliphatic carbocycles. The van der Waals surface area contributed by atoms with E-state index in [2.05, 4.69) is 14.8 Å². The van der Waals surface area contributed by atoms with Crippen LogP contribution in [0.15, 0.2) is 29.2 Å². The molecule has 1 aromatic rings. The molecular formula is C13H17F3N2O3S. The van der Waals surface area contributed by atoms with Crippen molar-refractivity contribution in [3.05, 3.63) is 24.3 Å². The summed E-state index contributed by atoms with van der Waals surface area (Å²) in [5.41, 5.74) is 0. The summed E-state index contributed by atoms with van der Waals surface area (Å²) in [6.07, 6.45) is -2.10. The SMILES string of the molecule is O=S(=O)(NC[C@H]1CCCCN1)c1ccccc1OC(F)(F)F. The molecule has 5 nitrogen and oxygen atoms in total. The Bertz CT molecular complexity index is 599. The molecular weight excluding hydrogens is 321 g/mol. The van der Waals surface area contributed by atoms with Gasteiger partial charge in [-0.05, 0) is 31.5 Å². The van der Waals surface area contributed by atoms with Crippen LogP contribution < -0.4 is 14.8 Å². The van der Waals surface area contributed by atoms with E-state index in [1.807, 2.05) is 0 Å². The lowest BCUT2D eigenvalue weighted by Crippen LogP contribution is -2.43. The average molecular weight is 338 g/mol. The maximum absolute atomic E-state index is 12.3. The Morgan fingerprint density at radius 3 is 2.64 bits per heavy atom. The number of alkyl halides is 3.